The highest BCUT2D eigenvalue weighted by atomic mass is 32.1. The van der Waals surface area contributed by atoms with Crippen LogP contribution in [0.15, 0.2) is 41.8 Å². The first kappa shape index (κ1) is 44.8. The average Bonchev–Trinajstić information content (AvgIpc) is 3.71. The normalized spacial score (nSPS) is 18.4. The van der Waals surface area contributed by atoms with Crippen LogP contribution >= 0.6 is 11.3 Å². The first-order valence-electron chi connectivity index (χ1n) is 21.5. The van der Waals surface area contributed by atoms with Gasteiger partial charge in [0.05, 0.1) is 44.8 Å². The van der Waals surface area contributed by atoms with Gasteiger partial charge in [0, 0.05) is 50.7 Å². The molecule has 1 aliphatic carbocycles. The fraction of sp³-hybridized carbons (Fsp3) is 0.591. The molecule has 4 aliphatic rings. The zero-order valence-electron chi connectivity index (χ0n) is 34.6. The maximum absolute atomic E-state index is 13.5. The highest BCUT2D eigenvalue weighted by Crippen LogP contribution is 2.39. The zero-order valence-corrected chi connectivity index (χ0v) is 35.4. The van der Waals surface area contributed by atoms with Gasteiger partial charge in [-0.2, -0.15) is 13.2 Å². The van der Waals surface area contributed by atoms with Crippen LogP contribution in [0.2, 0.25) is 0 Å². The van der Waals surface area contributed by atoms with E-state index in [1.165, 1.54) is 22.9 Å². The highest BCUT2D eigenvalue weighted by molar-refractivity contribution is 7.09. The number of carbonyl (C=O) groups is 3. The number of nitrogens with one attached hydrogen (secondary N) is 2. The molecule has 3 aliphatic heterocycles. The number of amides is 3. The number of halogens is 3. The Morgan fingerprint density at radius 2 is 1.85 bits per heavy atom. The van der Waals surface area contributed by atoms with Crippen LogP contribution in [0.1, 0.15) is 83.6 Å². The first-order valence-corrected chi connectivity index (χ1v) is 22.4. The number of piperidine rings is 1. The number of anilines is 1. The second kappa shape index (κ2) is 20.7. The molecule has 3 aromatic rings. The van der Waals surface area contributed by atoms with Gasteiger partial charge in [0.2, 0.25) is 5.91 Å². The van der Waals surface area contributed by atoms with Gasteiger partial charge in [-0.1, -0.05) is 49.6 Å². The number of alkyl halides is 3. The van der Waals surface area contributed by atoms with Gasteiger partial charge in [-0.25, -0.2) is 4.98 Å². The van der Waals surface area contributed by atoms with Crippen molar-refractivity contribution in [3.63, 3.8) is 0 Å². The van der Waals surface area contributed by atoms with E-state index in [9.17, 15) is 32.7 Å². The van der Waals surface area contributed by atoms with Crippen molar-refractivity contribution in [2.45, 2.75) is 95.0 Å². The monoisotopic (exact) mass is 870 g/mol. The second-order valence-electron chi connectivity index (χ2n) is 16.5. The summed E-state index contributed by atoms with van der Waals surface area (Å²) < 4.78 is 56.4. The summed E-state index contributed by atoms with van der Waals surface area (Å²) in [7, 11) is 0. The minimum Gasteiger partial charge on any atom is -0.506 e. The van der Waals surface area contributed by atoms with E-state index in [1.54, 1.807) is 17.0 Å². The van der Waals surface area contributed by atoms with Crippen LogP contribution in [0.4, 0.5) is 18.9 Å². The largest absolute Gasteiger partial charge is 0.506 e. The molecule has 17 heteroatoms. The number of carbonyl (C=O) groups excluding carboxylic acids is 3. The molecule has 0 atom stereocenters. The molecule has 332 valence electrons. The molecular weight excluding hydrogens is 814 g/mol. The van der Waals surface area contributed by atoms with Crippen LogP contribution in [0.5, 0.6) is 11.5 Å². The lowest BCUT2D eigenvalue weighted by Gasteiger charge is -2.47. The van der Waals surface area contributed by atoms with Gasteiger partial charge in [-0.3, -0.25) is 19.3 Å². The maximum atomic E-state index is 13.5. The van der Waals surface area contributed by atoms with E-state index in [4.69, 9.17) is 14.2 Å². The van der Waals surface area contributed by atoms with Crippen molar-refractivity contribution >= 4 is 34.7 Å². The summed E-state index contributed by atoms with van der Waals surface area (Å²) in [5.74, 6) is -0.0394. The van der Waals surface area contributed by atoms with Gasteiger partial charge in [-0.05, 0) is 67.8 Å². The van der Waals surface area contributed by atoms with E-state index in [1.807, 2.05) is 4.90 Å². The number of hydrogen-bond donors (Lipinski definition) is 3. The average molecular weight is 871 g/mol. The molecule has 0 bridgehead atoms. The Bertz CT molecular complexity index is 1970. The first-order chi connectivity index (χ1) is 29.4. The Morgan fingerprint density at radius 3 is 2.66 bits per heavy atom. The van der Waals surface area contributed by atoms with Crippen molar-refractivity contribution in [3.05, 3.63) is 69.2 Å². The van der Waals surface area contributed by atoms with E-state index in [2.05, 4.69) is 44.8 Å². The third-order valence-electron chi connectivity index (χ3n) is 12.1. The number of aromatic nitrogens is 1. The number of morpholine rings is 1. The molecule has 2 saturated heterocycles. The van der Waals surface area contributed by atoms with Crippen LogP contribution in [0.25, 0.3) is 0 Å². The summed E-state index contributed by atoms with van der Waals surface area (Å²) in [5, 5.41) is 17.6. The molecule has 1 saturated carbocycles. The van der Waals surface area contributed by atoms with Crippen molar-refractivity contribution in [3.8, 4) is 11.5 Å². The number of rotatable bonds is 17. The molecule has 3 fully saturated rings. The molecule has 3 amide bonds. The smallest absolute Gasteiger partial charge is 0.395 e. The number of phenols is 1. The number of phenolic OH excluding ortho intramolecular Hbond substituents is 1. The Hall–Kier alpha value is -4.29. The number of thiazole rings is 1. The molecule has 1 aromatic heterocycles. The summed E-state index contributed by atoms with van der Waals surface area (Å²) in [6.07, 6.45) is 3.20. The van der Waals surface area contributed by atoms with Crippen molar-refractivity contribution in [2.75, 3.05) is 77.6 Å². The lowest BCUT2D eigenvalue weighted by molar-refractivity contribution is -0.135. The van der Waals surface area contributed by atoms with Crippen LogP contribution in [0, 0.1) is 0 Å². The molecule has 7 rings (SSSR count). The summed E-state index contributed by atoms with van der Waals surface area (Å²) in [5.41, 5.74) is 3.16. The van der Waals surface area contributed by atoms with Gasteiger partial charge in [-0.15, -0.1) is 11.3 Å². The number of fused-ring (bicyclic) bond motifs is 1. The summed E-state index contributed by atoms with van der Waals surface area (Å²) in [6, 6.07) is 12.1. The van der Waals surface area contributed by atoms with Gasteiger partial charge < -0.3 is 39.8 Å². The number of aromatic hydroxyl groups is 1. The molecule has 61 heavy (non-hydrogen) atoms. The maximum Gasteiger partial charge on any atom is 0.395 e. The van der Waals surface area contributed by atoms with Gasteiger partial charge in [0.1, 0.15) is 22.1 Å². The van der Waals surface area contributed by atoms with Crippen LogP contribution < -0.4 is 15.4 Å². The highest BCUT2D eigenvalue weighted by Gasteiger charge is 2.42. The minimum absolute atomic E-state index is 0.0209. The SMILES string of the molecule is O=C1COc2c(CCNCCN(C(=O)CCOCCc3cccc(CN4CCC5(CC4)CN(C(=O)c4csc(CC(F)(F)F)n4)CCO5)c3)C3CCCCC3)ccc(O)c2N1. The number of hydrogen-bond acceptors (Lipinski definition) is 11. The van der Waals surface area contributed by atoms with Crippen LogP contribution in [-0.4, -0.2) is 133 Å². The lowest BCUT2D eigenvalue weighted by atomic mass is 9.89. The fourth-order valence-corrected chi connectivity index (χ4v) is 9.66. The molecule has 13 nitrogen and oxygen atoms in total. The Morgan fingerprint density at radius 1 is 1.05 bits per heavy atom. The van der Waals surface area contributed by atoms with Crippen molar-refractivity contribution in [1.29, 1.82) is 0 Å². The van der Waals surface area contributed by atoms with Crippen molar-refractivity contribution < 1.29 is 46.9 Å². The predicted molar refractivity (Wildman–Crippen MR) is 224 cm³/mol. The van der Waals surface area contributed by atoms with Crippen molar-refractivity contribution in [1.82, 2.24) is 25.0 Å². The fourth-order valence-electron chi connectivity index (χ4n) is 8.86. The molecule has 0 radical (unpaired) electrons. The number of benzene rings is 2. The van der Waals surface area contributed by atoms with Crippen LogP contribution in [0.3, 0.4) is 0 Å². The third kappa shape index (κ3) is 12.4. The Kier molecular flexibility index (Phi) is 15.2. The van der Waals surface area contributed by atoms with Gasteiger partial charge in [0.15, 0.2) is 12.4 Å². The van der Waals surface area contributed by atoms with E-state index < -0.39 is 18.2 Å². The van der Waals surface area contributed by atoms with E-state index in [-0.39, 0.29) is 46.8 Å². The topological polar surface area (TPSA) is 146 Å². The quantitative estimate of drug-likeness (QED) is 0.114. The molecule has 1 spiro atoms. The lowest BCUT2D eigenvalue weighted by Crippen LogP contribution is -2.58. The van der Waals surface area contributed by atoms with Crippen LogP contribution in [-0.2, 0) is 44.9 Å². The van der Waals surface area contributed by atoms with E-state index in [0.29, 0.717) is 76.8 Å². The third-order valence-corrected chi connectivity index (χ3v) is 12.9. The predicted octanol–water partition coefficient (Wildman–Crippen LogP) is 5.73. The summed E-state index contributed by atoms with van der Waals surface area (Å²) in [4.78, 5) is 48.5. The number of nitrogens with zero attached hydrogens (tertiary/aromatic N) is 4. The molecular formula is C44H57F3N6O7S. The Labute approximate surface area is 358 Å². The molecule has 3 N–H and O–H groups in total. The molecule has 0 unspecified atom stereocenters. The van der Waals surface area contributed by atoms with E-state index in [0.717, 1.165) is 81.5 Å². The molecule has 2 aromatic carbocycles. The molecule has 4 heterocycles. The van der Waals surface area contributed by atoms with Gasteiger partial charge in [0.25, 0.3) is 11.8 Å². The second-order valence-corrected chi connectivity index (χ2v) is 17.5. The summed E-state index contributed by atoms with van der Waals surface area (Å²) in [6.45, 7) is 6.24. The van der Waals surface area contributed by atoms with Gasteiger partial charge >= 0.3 is 6.18 Å². The number of ether oxygens (including phenoxy) is 3. The summed E-state index contributed by atoms with van der Waals surface area (Å²) >= 11 is 0.863. The zero-order chi connectivity index (χ0) is 42.8. The minimum atomic E-state index is -4.37. The number of likely N-dealkylation sites (tertiary alicyclic amines) is 1. The van der Waals surface area contributed by atoms with Crippen molar-refractivity contribution in [2.24, 2.45) is 0 Å². The van der Waals surface area contributed by atoms with E-state index >= 15 is 0 Å². The standard InChI is InChI=1S/C44H57F3N6O7S/c45-44(46,47)26-38-49-35(29-61-38)42(57)52-21-24-60-43(30-52)14-18-51(19-15-43)27-32-6-4-5-31(25-32)12-22-58-23-13-39(56)53(34-7-2-1-3-8-34)20-17-48-16-11-33-9-10-36(54)40-41(33)59-28-37(55)50-40/h4-6,9-10,25,29,34,48,54H,1-3,7-8,11-24,26-28,30H2,(H,50,55). The Balaban J connectivity index is 0.809.